The van der Waals surface area contributed by atoms with Crippen molar-refractivity contribution in [2.45, 2.75) is 6.92 Å². The van der Waals surface area contributed by atoms with Crippen LogP contribution in [0.3, 0.4) is 0 Å². The van der Waals surface area contributed by atoms with Crippen molar-refractivity contribution < 1.29 is 14.3 Å². The maximum absolute atomic E-state index is 11.8. The number of hydrogen-bond donors (Lipinski definition) is 1. The van der Waals surface area contributed by atoms with Crippen LogP contribution in [0, 0.1) is 6.92 Å². The third-order valence-electron chi connectivity index (χ3n) is 3.00. The predicted octanol–water partition coefficient (Wildman–Crippen LogP) is 4.50. The molecule has 2 aromatic rings. The first-order valence-electron chi connectivity index (χ1n) is 7.10. The first-order chi connectivity index (χ1) is 11.4. The van der Waals surface area contributed by atoms with Crippen molar-refractivity contribution in [3.8, 4) is 0 Å². The molecule has 24 heavy (non-hydrogen) atoms. The molecule has 2 aromatic carbocycles. The molecule has 124 valence electrons. The summed E-state index contributed by atoms with van der Waals surface area (Å²) in [6, 6.07) is 12.3. The number of esters is 1. The molecular formula is C18H15Cl2NO3. The molecule has 0 saturated heterocycles. The molecular weight excluding hydrogens is 349 g/mol. The fourth-order valence-electron chi connectivity index (χ4n) is 1.90. The molecule has 0 spiro atoms. The second-order valence-electron chi connectivity index (χ2n) is 5.03. The van der Waals surface area contributed by atoms with E-state index in [9.17, 15) is 9.59 Å². The fraction of sp³-hybridized carbons (Fsp3) is 0.111. The van der Waals surface area contributed by atoms with Crippen LogP contribution in [0.2, 0.25) is 10.0 Å². The molecule has 1 amide bonds. The summed E-state index contributed by atoms with van der Waals surface area (Å²) in [4.78, 5) is 23.4. The van der Waals surface area contributed by atoms with Crippen LogP contribution in [0.5, 0.6) is 0 Å². The summed E-state index contributed by atoms with van der Waals surface area (Å²) in [5.41, 5.74) is 2.32. The molecule has 1 N–H and O–H groups in total. The van der Waals surface area contributed by atoms with E-state index in [0.717, 1.165) is 11.1 Å². The Balaban J connectivity index is 1.85. The van der Waals surface area contributed by atoms with Crippen molar-refractivity contribution in [3.05, 3.63) is 69.7 Å². The van der Waals surface area contributed by atoms with Crippen LogP contribution < -0.4 is 5.32 Å². The van der Waals surface area contributed by atoms with E-state index in [1.165, 1.54) is 12.1 Å². The first kappa shape index (κ1) is 18.0. The minimum Gasteiger partial charge on any atom is -0.452 e. The number of hydrogen-bond acceptors (Lipinski definition) is 3. The first-order valence-corrected chi connectivity index (χ1v) is 7.86. The zero-order valence-electron chi connectivity index (χ0n) is 12.9. The van der Waals surface area contributed by atoms with E-state index in [4.69, 9.17) is 27.9 Å². The van der Waals surface area contributed by atoms with E-state index in [2.05, 4.69) is 5.32 Å². The Morgan fingerprint density at radius 2 is 1.96 bits per heavy atom. The van der Waals surface area contributed by atoms with E-state index in [0.29, 0.717) is 15.7 Å². The fourth-order valence-corrected chi connectivity index (χ4v) is 2.24. The predicted molar refractivity (Wildman–Crippen MR) is 96.3 cm³/mol. The second-order valence-corrected chi connectivity index (χ2v) is 5.87. The third kappa shape index (κ3) is 5.72. The van der Waals surface area contributed by atoms with Crippen molar-refractivity contribution in [2.24, 2.45) is 0 Å². The number of carbonyl (C=O) groups excluding carboxylic acids is 2. The largest absolute Gasteiger partial charge is 0.452 e. The highest BCUT2D eigenvalue weighted by Crippen LogP contribution is 2.25. The summed E-state index contributed by atoms with van der Waals surface area (Å²) in [7, 11) is 0. The van der Waals surface area contributed by atoms with Crippen LogP contribution >= 0.6 is 23.2 Å². The Morgan fingerprint density at radius 3 is 2.71 bits per heavy atom. The Morgan fingerprint density at radius 1 is 1.17 bits per heavy atom. The van der Waals surface area contributed by atoms with Crippen LogP contribution in [-0.4, -0.2) is 18.5 Å². The highest BCUT2D eigenvalue weighted by atomic mass is 35.5. The van der Waals surface area contributed by atoms with Gasteiger partial charge >= 0.3 is 5.97 Å². The zero-order chi connectivity index (χ0) is 17.5. The molecule has 6 heteroatoms. The van der Waals surface area contributed by atoms with Crippen molar-refractivity contribution >= 4 is 46.8 Å². The van der Waals surface area contributed by atoms with Gasteiger partial charge in [0.2, 0.25) is 0 Å². The highest BCUT2D eigenvalue weighted by molar-refractivity contribution is 6.35. The second kappa shape index (κ2) is 8.52. The van der Waals surface area contributed by atoms with E-state index in [1.54, 1.807) is 18.2 Å². The van der Waals surface area contributed by atoms with Crippen molar-refractivity contribution in [1.29, 1.82) is 0 Å². The maximum atomic E-state index is 11.8. The Bertz CT molecular complexity index is 788. The van der Waals surface area contributed by atoms with Crippen molar-refractivity contribution in [1.82, 2.24) is 0 Å². The zero-order valence-corrected chi connectivity index (χ0v) is 14.4. The standard InChI is InChI=1S/C18H15Cl2NO3/c1-12-3-2-4-13(9-12)5-8-18(23)24-11-17(22)21-16-10-14(19)6-7-15(16)20/h2-10H,11H2,1H3,(H,21,22)/b8-5+. The van der Waals surface area contributed by atoms with Crippen molar-refractivity contribution in [3.63, 3.8) is 0 Å². The highest BCUT2D eigenvalue weighted by Gasteiger charge is 2.08. The number of ether oxygens (including phenoxy) is 1. The summed E-state index contributed by atoms with van der Waals surface area (Å²) in [6.45, 7) is 1.54. The molecule has 0 aliphatic carbocycles. The third-order valence-corrected chi connectivity index (χ3v) is 3.57. The van der Waals surface area contributed by atoms with Gasteiger partial charge in [0.15, 0.2) is 6.61 Å². The molecule has 4 nitrogen and oxygen atoms in total. The summed E-state index contributed by atoms with van der Waals surface area (Å²) < 4.78 is 4.88. The number of nitrogens with one attached hydrogen (secondary N) is 1. The van der Waals surface area contributed by atoms with Crippen LogP contribution in [0.15, 0.2) is 48.5 Å². The lowest BCUT2D eigenvalue weighted by atomic mass is 10.1. The quantitative estimate of drug-likeness (QED) is 0.628. The molecule has 0 aromatic heterocycles. The molecule has 0 saturated carbocycles. The van der Waals surface area contributed by atoms with Gasteiger partial charge in [-0.1, -0.05) is 53.0 Å². The number of aryl methyl sites for hydroxylation is 1. The van der Waals surface area contributed by atoms with E-state index >= 15 is 0 Å². The average Bonchev–Trinajstić information content (AvgIpc) is 2.54. The molecule has 2 rings (SSSR count). The molecule has 0 unspecified atom stereocenters. The monoisotopic (exact) mass is 363 g/mol. The minimum atomic E-state index is -0.608. The van der Waals surface area contributed by atoms with E-state index < -0.39 is 18.5 Å². The lowest BCUT2D eigenvalue weighted by molar-refractivity contribution is -0.142. The van der Waals surface area contributed by atoms with Gasteiger partial charge in [-0.3, -0.25) is 4.79 Å². The SMILES string of the molecule is Cc1cccc(/C=C/C(=O)OCC(=O)Nc2cc(Cl)ccc2Cl)c1. The van der Waals surface area contributed by atoms with Gasteiger partial charge in [0.25, 0.3) is 5.91 Å². The summed E-state index contributed by atoms with van der Waals surface area (Å²) >= 11 is 11.8. The maximum Gasteiger partial charge on any atom is 0.331 e. The van der Waals surface area contributed by atoms with Gasteiger partial charge in [-0.25, -0.2) is 4.79 Å². The van der Waals surface area contributed by atoms with Gasteiger partial charge in [-0.05, 0) is 36.8 Å². The van der Waals surface area contributed by atoms with Gasteiger partial charge < -0.3 is 10.1 Å². The normalized spacial score (nSPS) is 10.6. The number of anilines is 1. The lowest BCUT2D eigenvalue weighted by Crippen LogP contribution is -2.20. The van der Waals surface area contributed by atoms with Gasteiger partial charge in [-0.2, -0.15) is 0 Å². The number of halogens is 2. The average molecular weight is 364 g/mol. The van der Waals surface area contributed by atoms with Gasteiger partial charge in [0.05, 0.1) is 10.7 Å². The molecule has 0 aliphatic heterocycles. The minimum absolute atomic E-state index is 0.346. The molecule has 0 heterocycles. The summed E-state index contributed by atoms with van der Waals surface area (Å²) in [5.74, 6) is -1.11. The molecule has 0 atom stereocenters. The Kier molecular flexibility index (Phi) is 6.41. The van der Waals surface area contributed by atoms with Crippen LogP contribution in [0.4, 0.5) is 5.69 Å². The molecule has 0 fully saturated rings. The number of rotatable bonds is 5. The lowest BCUT2D eigenvalue weighted by Gasteiger charge is -2.07. The molecule has 0 bridgehead atoms. The van der Waals surface area contributed by atoms with Gasteiger partial charge in [-0.15, -0.1) is 0 Å². The topological polar surface area (TPSA) is 55.4 Å². The summed E-state index contributed by atoms with van der Waals surface area (Å²) in [6.07, 6.45) is 2.90. The van der Waals surface area contributed by atoms with Gasteiger partial charge in [0.1, 0.15) is 0 Å². The molecule has 0 radical (unpaired) electrons. The molecule has 0 aliphatic rings. The Labute approximate surface area is 150 Å². The van der Waals surface area contributed by atoms with Crippen molar-refractivity contribution in [2.75, 3.05) is 11.9 Å². The van der Waals surface area contributed by atoms with Crippen LogP contribution in [0.1, 0.15) is 11.1 Å². The van der Waals surface area contributed by atoms with Gasteiger partial charge in [0, 0.05) is 11.1 Å². The van der Waals surface area contributed by atoms with E-state index in [-0.39, 0.29) is 0 Å². The number of carbonyl (C=O) groups is 2. The Hall–Kier alpha value is -2.30. The number of amides is 1. The van der Waals surface area contributed by atoms with Crippen LogP contribution in [-0.2, 0) is 14.3 Å². The van der Waals surface area contributed by atoms with E-state index in [1.807, 2.05) is 31.2 Å². The number of benzene rings is 2. The summed E-state index contributed by atoms with van der Waals surface area (Å²) in [5, 5.41) is 3.31. The van der Waals surface area contributed by atoms with Crippen LogP contribution in [0.25, 0.3) is 6.08 Å². The smallest absolute Gasteiger partial charge is 0.331 e.